The van der Waals surface area contributed by atoms with Gasteiger partial charge in [0.25, 0.3) is 0 Å². The molecule has 0 aromatic heterocycles. The molecule has 0 radical (unpaired) electrons. The molecule has 0 aromatic carbocycles. The van der Waals surface area contributed by atoms with Crippen molar-refractivity contribution >= 4 is 22.6 Å². The van der Waals surface area contributed by atoms with Crippen molar-refractivity contribution in [2.45, 2.75) is 37.8 Å². The lowest BCUT2D eigenvalue weighted by molar-refractivity contribution is -0.931. The van der Waals surface area contributed by atoms with Gasteiger partial charge in [-0.1, -0.05) is 0 Å². The van der Waals surface area contributed by atoms with Crippen LogP contribution in [0.5, 0.6) is 0 Å². The zero-order valence-corrected chi connectivity index (χ0v) is 10.7. The van der Waals surface area contributed by atoms with Gasteiger partial charge in [-0.05, 0) is 50.3 Å². The van der Waals surface area contributed by atoms with E-state index in [2.05, 4.69) is 43.4 Å². The Hall–Kier alpha value is 0.650. The van der Waals surface area contributed by atoms with Crippen molar-refractivity contribution in [2.75, 3.05) is 19.6 Å². The Morgan fingerprint density at radius 3 is 1.75 bits per heavy atom. The highest BCUT2D eigenvalue weighted by Crippen LogP contribution is 2.19. The van der Waals surface area contributed by atoms with Crippen LogP contribution >= 0.6 is 22.6 Å². The van der Waals surface area contributed by atoms with Crippen molar-refractivity contribution in [3.8, 4) is 0 Å². The Morgan fingerprint density at radius 2 is 1.67 bits per heavy atom. The Morgan fingerprint density at radius 1 is 1.25 bits per heavy atom. The molecule has 3 heteroatoms. The van der Waals surface area contributed by atoms with Crippen molar-refractivity contribution < 1.29 is 9.59 Å². The highest BCUT2D eigenvalue weighted by molar-refractivity contribution is 14.1. The second kappa shape index (κ2) is 5.40. The molecule has 0 saturated heterocycles. The van der Waals surface area contributed by atoms with Gasteiger partial charge >= 0.3 is 0 Å². The Labute approximate surface area is 89.7 Å². The minimum atomic E-state index is -0.192. The monoisotopic (exact) mass is 286 g/mol. The standard InChI is InChI=1S/C9H21INO/c1-5-11(6-2,9(4)10)7-8(3)12/h8-9,12H,5-7H2,1-4H3/q+1. The Balaban J connectivity index is 4.35. The normalized spacial score (nSPS) is 17.5. The number of halogens is 1. The number of hydrogen-bond acceptors (Lipinski definition) is 1. The van der Waals surface area contributed by atoms with Gasteiger partial charge in [0.2, 0.25) is 0 Å². The van der Waals surface area contributed by atoms with Gasteiger partial charge in [0.05, 0.1) is 13.1 Å². The molecule has 0 amide bonds. The van der Waals surface area contributed by atoms with Crippen LogP contribution in [0.25, 0.3) is 0 Å². The number of aliphatic hydroxyl groups excluding tert-OH is 1. The molecule has 0 aliphatic carbocycles. The molecule has 2 nitrogen and oxygen atoms in total. The van der Waals surface area contributed by atoms with Crippen LogP contribution < -0.4 is 0 Å². The smallest absolute Gasteiger partial charge is 0.137 e. The van der Waals surface area contributed by atoms with Crippen LogP contribution in [0.1, 0.15) is 27.7 Å². The van der Waals surface area contributed by atoms with E-state index in [0.29, 0.717) is 4.05 Å². The van der Waals surface area contributed by atoms with Crippen LogP contribution in [0.15, 0.2) is 0 Å². The summed E-state index contributed by atoms with van der Waals surface area (Å²) in [5.74, 6) is 0. The highest BCUT2D eigenvalue weighted by Gasteiger charge is 2.29. The minimum absolute atomic E-state index is 0.192. The van der Waals surface area contributed by atoms with Gasteiger partial charge in [0.15, 0.2) is 0 Å². The van der Waals surface area contributed by atoms with Crippen molar-refractivity contribution in [1.29, 1.82) is 0 Å². The fourth-order valence-corrected chi connectivity index (χ4v) is 2.67. The zero-order valence-electron chi connectivity index (χ0n) is 8.55. The van der Waals surface area contributed by atoms with Crippen molar-refractivity contribution in [1.82, 2.24) is 0 Å². The SMILES string of the molecule is CC[N+](CC)(CC(C)O)C(C)I. The van der Waals surface area contributed by atoms with E-state index in [0.717, 1.165) is 24.1 Å². The minimum Gasteiger partial charge on any atom is -0.388 e. The number of quaternary nitrogens is 1. The van der Waals surface area contributed by atoms with Crippen LogP contribution in [0.4, 0.5) is 0 Å². The number of hydrogen-bond donors (Lipinski definition) is 1. The second-order valence-corrected chi connectivity index (χ2v) is 5.26. The third-order valence-corrected chi connectivity index (χ3v) is 3.82. The first kappa shape index (κ1) is 12.7. The number of nitrogens with zero attached hydrogens (tertiary/aromatic N) is 1. The Kier molecular flexibility index (Phi) is 5.69. The second-order valence-electron chi connectivity index (χ2n) is 3.46. The predicted molar refractivity (Wildman–Crippen MR) is 61.4 cm³/mol. The average molecular weight is 286 g/mol. The molecule has 0 aliphatic heterocycles. The maximum Gasteiger partial charge on any atom is 0.137 e. The van der Waals surface area contributed by atoms with E-state index >= 15 is 0 Å². The summed E-state index contributed by atoms with van der Waals surface area (Å²) in [7, 11) is 0. The molecule has 0 spiro atoms. The third-order valence-electron chi connectivity index (χ3n) is 2.64. The lowest BCUT2D eigenvalue weighted by Crippen LogP contribution is -2.54. The molecule has 0 aromatic rings. The summed E-state index contributed by atoms with van der Waals surface area (Å²) in [6.07, 6.45) is -0.192. The van der Waals surface area contributed by atoms with Gasteiger partial charge in [-0.15, -0.1) is 0 Å². The molecule has 74 valence electrons. The van der Waals surface area contributed by atoms with E-state index < -0.39 is 0 Å². The van der Waals surface area contributed by atoms with Gasteiger partial charge in [-0.3, -0.25) is 0 Å². The summed E-state index contributed by atoms with van der Waals surface area (Å²) in [5.41, 5.74) is 0. The van der Waals surface area contributed by atoms with E-state index in [4.69, 9.17) is 0 Å². The molecule has 12 heavy (non-hydrogen) atoms. The van der Waals surface area contributed by atoms with Gasteiger partial charge in [-0.2, -0.15) is 0 Å². The molecule has 0 fully saturated rings. The molecule has 2 atom stereocenters. The molecule has 0 aliphatic rings. The maximum absolute atomic E-state index is 9.38. The number of aliphatic hydroxyl groups is 1. The summed E-state index contributed by atoms with van der Waals surface area (Å²) in [6, 6.07) is 0. The van der Waals surface area contributed by atoms with Gasteiger partial charge in [-0.25, -0.2) is 0 Å². The fraction of sp³-hybridized carbons (Fsp3) is 1.00. The van der Waals surface area contributed by atoms with Gasteiger partial charge < -0.3 is 9.59 Å². The van der Waals surface area contributed by atoms with Gasteiger partial charge in [0, 0.05) is 0 Å². The van der Waals surface area contributed by atoms with Crippen LogP contribution in [0, 0.1) is 0 Å². The number of rotatable bonds is 5. The third kappa shape index (κ3) is 3.18. The average Bonchev–Trinajstić information content (AvgIpc) is 1.99. The molecular formula is C9H21INO+. The van der Waals surface area contributed by atoms with Crippen LogP contribution in [-0.2, 0) is 0 Å². The summed E-state index contributed by atoms with van der Waals surface area (Å²) in [6.45, 7) is 11.6. The van der Waals surface area contributed by atoms with Crippen LogP contribution in [0.3, 0.4) is 0 Å². The molecule has 1 N–H and O–H groups in total. The quantitative estimate of drug-likeness (QED) is 0.355. The van der Waals surface area contributed by atoms with E-state index in [-0.39, 0.29) is 6.10 Å². The summed E-state index contributed by atoms with van der Waals surface area (Å²) in [5, 5.41) is 9.38. The lowest BCUT2D eigenvalue weighted by atomic mass is 10.2. The maximum atomic E-state index is 9.38. The fourth-order valence-electron chi connectivity index (χ4n) is 1.66. The first-order chi connectivity index (χ1) is 5.48. The van der Waals surface area contributed by atoms with Crippen molar-refractivity contribution in [3.05, 3.63) is 0 Å². The topological polar surface area (TPSA) is 20.2 Å². The summed E-state index contributed by atoms with van der Waals surface area (Å²) < 4.78 is 1.59. The molecule has 0 rings (SSSR count). The van der Waals surface area contributed by atoms with E-state index in [1.165, 1.54) is 0 Å². The molecule has 2 unspecified atom stereocenters. The largest absolute Gasteiger partial charge is 0.388 e. The Bertz CT molecular complexity index is 122. The number of alkyl halides is 1. The molecule has 0 saturated carbocycles. The van der Waals surface area contributed by atoms with Crippen molar-refractivity contribution in [3.63, 3.8) is 0 Å². The van der Waals surface area contributed by atoms with Crippen molar-refractivity contribution in [2.24, 2.45) is 0 Å². The molecule has 0 bridgehead atoms. The van der Waals surface area contributed by atoms with E-state index in [1.807, 2.05) is 6.92 Å². The predicted octanol–water partition coefficient (Wildman–Crippen LogP) is 2.00. The highest BCUT2D eigenvalue weighted by atomic mass is 127. The van der Waals surface area contributed by atoms with E-state index in [9.17, 15) is 5.11 Å². The lowest BCUT2D eigenvalue weighted by Gasteiger charge is -2.40. The summed E-state index contributed by atoms with van der Waals surface area (Å²) in [4.78, 5) is 0. The van der Waals surface area contributed by atoms with Crippen LogP contribution in [-0.4, -0.2) is 39.4 Å². The first-order valence-corrected chi connectivity index (χ1v) is 5.91. The van der Waals surface area contributed by atoms with E-state index in [1.54, 1.807) is 0 Å². The molecular weight excluding hydrogens is 265 g/mol. The molecule has 0 heterocycles. The zero-order chi connectivity index (χ0) is 9.78. The van der Waals surface area contributed by atoms with Gasteiger partial charge in [0.1, 0.15) is 16.7 Å². The van der Waals surface area contributed by atoms with Crippen LogP contribution in [0.2, 0.25) is 0 Å². The first-order valence-electron chi connectivity index (χ1n) is 4.66. The number of likely N-dealkylation sites (N-methyl/N-ethyl adjacent to an activating group) is 1. The summed E-state index contributed by atoms with van der Waals surface area (Å²) >= 11 is 2.45.